The smallest absolute Gasteiger partial charge is 0.240 e. The van der Waals surface area contributed by atoms with Gasteiger partial charge >= 0.3 is 0 Å². The normalized spacial score (nSPS) is 10.7. The van der Waals surface area contributed by atoms with E-state index >= 15 is 0 Å². The van der Waals surface area contributed by atoms with E-state index in [1.54, 1.807) is 7.11 Å². The molecule has 0 rings (SSSR count). The van der Waals surface area contributed by atoms with E-state index in [0.29, 0.717) is 26.0 Å². The van der Waals surface area contributed by atoms with E-state index in [1.165, 1.54) is 0 Å². The Balaban J connectivity index is 4.25. The first kappa shape index (κ1) is 12.9. The molecule has 0 aliphatic heterocycles. The summed E-state index contributed by atoms with van der Waals surface area (Å²) < 4.78 is 4.81. The number of nitrogens with one attached hydrogen (secondary N) is 1. The molecule has 0 unspecified atom stereocenters. The molecule has 80 valence electrons. The van der Waals surface area contributed by atoms with Gasteiger partial charge in [-0.3, -0.25) is 4.79 Å². The van der Waals surface area contributed by atoms with Crippen LogP contribution in [0.25, 0.3) is 0 Å². The summed E-state index contributed by atoms with van der Waals surface area (Å²) in [5.74, 6) is -0.193. The molecular formula is C10H18N2O2. The van der Waals surface area contributed by atoms with Crippen LogP contribution in [0.15, 0.2) is 0 Å². The zero-order chi connectivity index (χ0) is 11.0. The molecule has 4 heteroatoms. The predicted octanol–water partition coefficient (Wildman–Crippen LogP) is 1.08. The molecule has 0 spiro atoms. The third kappa shape index (κ3) is 3.00. The number of ether oxygens (including phenoxy) is 1. The van der Waals surface area contributed by atoms with Crippen LogP contribution in [0, 0.1) is 16.7 Å². The predicted molar refractivity (Wildman–Crippen MR) is 53.5 cm³/mol. The SMILES string of the molecule is CCC(C#N)(CC)C(=O)NCCOC. The van der Waals surface area contributed by atoms with E-state index in [9.17, 15) is 4.79 Å². The van der Waals surface area contributed by atoms with Gasteiger partial charge in [0.25, 0.3) is 0 Å². The number of rotatable bonds is 6. The fourth-order valence-electron chi connectivity index (χ4n) is 1.22. The Bertz CT molecular complexity index is 217. The second-order valence-electron chi connectivity index (χ2n) is 3.15. The quantitative estimate of drug-likeness (QED) is 0.649. The number of carbonyl (C=O) groups excluding carboxylic acids is 1. The maximum Gasteiger partial charge on any atom is 0.240 e. The van der Waals surface area contributed by atoms with E-state index in [2.05, 4.69) is 11.4 Å². The van der Waals surface area contributed by atoms with E-state index in [4.69, 9.17) is 10.00 Å². The molecule has 0 atom stereocenters. The topological polar surface area (TPSA) is 62.1 Å². The first-order valence-electron chi connectivity index (χ1n) is 4.85. The minimum Gasteiger partial charge on any atom is -0.383 e. The van der Waals surface area contributed by atoms with Gasteiger partial charge in [-0.15, -0.1) is 0 Å². The molecule has 0 aliphatic rings. The Morgan fingerprint density at radius 3 is 2.43 bits per heavy atom. The molecule has 1 N–H and O–H groups in total. The van der Waals surface area contributed by atoms with Crippen molar-refractivity contribution in [3.63, 3.8) is 0 Å². The van der Waals surface area contributed by atoms with Gasteiger partial charge in [-0.05, 0) is 12.8 Å². The van der Waals surface area contributed by atoms with Crippen molar-refractivity contribution in [1.82, 2.24) is 5.32 Å². The molecule has 0 fully saturated rings. The Kier molecular flexibility index (Phi) is 5.89. The van der Waals surface area contributed by atoms with Crippen LogP contribution in [0.3, 0.4) is 0 Å². The molecule has 0 aromatic carbocycles. The number of hydrogen-bond acceptors (Lipinski definition) is 3. The molecule has 14 heavy (non-hydrogen) atoms. The highest BCUT2D eigenvalue weighted by molar-refractivity contribution is 5.85. The van der Waals surface area contributed by atoms with Crippen LogP contribution in [0.5, 0.6) is 0 Å². The van der Waals surface area contributed by atoms with Crippen LogP contribution in [-0.2, 0) is 9.53 Å². The fraction of sp³-hybridized carbons (Fsp3) is 0.800. The zero-order valence-electron chi connectivity index (χ0n) is 9.09. The van der Waals surface area contributed by atoms with E-state index in [-0.39, 0.29) is 5.91 Å². The van der Waals surface area contributed by atoms with Crippen LogP contribution in [0.1, 0.15) is 26.7 Å². The molecule has 0 aromatic heterocycles. The third-order valence-corrected chi connectivity index (χ3v) is 2.45. The van der Waals surface area contributed by atoms with Crippen LogP contribution in [-0.4, -0.2) is 26.2 Å². The van der Waals surface area contributed by atoms with Gasteiger partial charge in [0.2, 0.25) is 5.91 Å². The van der Waals surface area contributed by atoms with Crippen molar-refractivity contribution >= 4 is 5.91 Å². The Morgan fingerprint density at radius 1 is 1.50 bits per heavy atom. The Labute approximate surface area is 85.2 Å². The Morgan fingerprint density at radius 2 is 2.07 bits per heavy atom. The number of nitriles is 1. The average molecular weight is 198 g/mol. The third-order valence-electron chi connectivity index (χ3n) is 2.45. The summed E-state index contributed by atoms with van der Waals surface area (Å²) in [5.41, 5.74) is -0.867. The first-order chi connectivity index (χ1) is 6.66. The van der Waals surface area contributed by atoms with E-state index in [0.717, 1.165) is 0 Å². The van der Waals surface area contributed by atoms with Crippen molar-refractivity contribution in [2.45, 2.75) is 26.7 Å². The number of nitrogens with zero attached hydrogens (tertiary/aromatic N) is 1. The molecule has 0 aromatic rings. The molecular weight excluding hydrogens is 180 g/mol. The average Bonchev–Trinajstić information content (AvgIpc) is 2.22. The first-order valence-corrected chi connectivity index (χ1v) is 4.85. The Hall–Kier alpha value is -1.08. The van der Waals surface area contributed by atoms with Crippen molar-refractivity contribution in [1.29, 1.82) is 5.26 Å². The zero-order valence-corrected chi connectivity index (χ0v) is 9.09. The van der Waals surface area contributed by atoms with Gasteiger partial charge in [-0.1, -0.05) is 13.8 Å². The summed E-state index contributed by atoms with van der Waals surface area (Å²) >= 11 is 0. The van der Waals surface area contributed by atoms with Crippen molar-refractivity contribution in [2.75, 3.05) is 20.3 Å². The van der Waals surface area contributed by atoms with Crippen molar-refractivity contribution in [3.8, 4) is 6.07 Å². The lowest BCUT2D eigenvalue weighted by molar-refractivity contribution is -0.128. The molecule has 0 saturated heterocycles. The highest BCUT2D eigenvalue weighted by Gasteiger charge is 2.34. The summed E-state index contributed by atoms with van der Waals surface area (Å²) in [6.45, 7) is 4.63. The van der Waals surface area contributed by atoms with Crippen LogP contribution < -0.4 is 5.32 Å². The van der Waals surface area contributed by atoms with Crippen LogP contribution >= 0.6 is 0 Å². The number of hydrogen-bond donors (Lipinski definition) is 1. The van der Waals surface area contributed by atoms with Gasteiger partial charge < -0.3 is 10.1 Å². The molecule has 0 saturated carbocycles. The number of carbonyl (C=O) groups is 1. The lowest BCUT2D eigenvalue weighted by atomic mass is 9.83. The van der Waals surface area contributed by atoms with Gasteiger partial charge in [-0.25, -0.2) is 0 Å². The lowest BCUT2D eigenvalue weighted by Crippen LogP contribution is -2.40. The second-order valence-corrected chi connectivity index (χ2v) is 3.15. The summed E-state index contributed by atoms with van der Waals surface area (Å²) in [4.78, 5) is 11.6. The standard InChI is InChI=1S/C10H18N2O2/c1-4-10(5-2,8-11)9(13)12-6-7-14-3/h4-7H2,1-3H3,(H,12,13). The lowest BCUT2D eigenvalue weighted by Gasteiger charge is -2.21. The summed E-state index contributed by atoms with van der Waals surface area (Å²) in [7, 11) is 1.57. The molecule has 0 heterocycles. The van der Waals surface area contributed by atoms with Crippen LogP contribution in [0.2, 0.25) is 0 Å². The summed E-state index contributed by atoms with van der Waals surface area (Å²) in [6, 6.07) is 2.09. The van der Waals surface area contributed by atoms with Gasteiger partial charge in [0.05, 0.1) is 12.7 Å². The second kappa shape index (κ2) is 6.39. The molecule has 4 nitrogen and oxygen atoms in total. The molecule has 0 aliphatic carbocycles. The molecule has 1 amide bonds. The maximum atomic E-state index is 11.6. The van der Waals surface area contributed by atoms with Gasteiger partial charge in [-0.2, -0.15) is 5.26 Å². The maximum absolute atomic E-state index is 11.6. The summed E-state index contributed by atoms with van der Waals surface area (Å²) in [5, 5.41) is 11.7. The molecule has 0 bridgehead atoms. The minimum atomic E-state index is -0.867. The number of methoxy groups -OCH3 is 1. The van der Waals surface area contributed by atoms with Gasteiger partial charge in [0, 0.05) is 13.7 Å². The highest BCUT2D eigenvalue weighted by Crippen LogP contribution is 2.25. The highest BCUT2D eigenvalue weighted by atomic mass is 16.5. The summed E-state index contributed by atoms with van der Waals surface area (Å²) in [6.07, 6.45) is 1.08. The number of amides is 1. The fourth-order valence-corrected chi connectivity index (χ4v) is 1.22. The van der Waals surface area contributed by atoms with Crippen molar-refractivity contribution in [3.05, 3.63) is 0 Å². The van der Waals surface area contributed by atoms with Crippen molar-refractivity contribution in [2.24, 2.45) is 5.41 Å². The van der Waals surface area contributed by atoms with Crippen LogP contribution in [0.4, 0.5) is 0 Å². The molecule has 0 radical (unpaired) electrons. The van der Waals surface area contributed by atoms with E-state index < -0.39 is 5.41 Å². The largest absolute Gasteiger partial charge is 0.383 e. The minimum absolute atomic E-state index is 0.193. The van der Waals surface area contributed by atoms with Crippen molar-refractivity contribution < 1.29 is 9.53 Å². The van der Waals surface area contributed by atoms with Gasteiger partial charge in [0.1, 0.15) is 5.41 Å². The monoisotopic (exact) mass is 198 g/mol. The van der Waals surface area contributed by atoms with E-state index in [1.807, 2.05) is 13.8 Å². The van der Waals surface area contributed by atoms with Gasteiger partial charge in [0.15, 0.2) is 0 Å².